The molecule has 0 saturated carbocycles. The molecule has 0 spiro atoms. The third-order valence-corrected chi connectivity index (χ3v) is 6.06. The largest absolute Gasteiger partial charge is 0.349 e. The van der Waals surface area contributed by atoms with Gasteiger partial charge in [0.15, 0.2) is 0 Å². The maximum Gasteiger partial charge on any atom is 0.251 e. The lowest BCUT2D eigenvalue weighted by molar-refractivity contribution is 0.0913. The number of hydrogen-bond acceptors (Lipinski definition) is 5. The molecule has 35 heavy (non-hydrogen) atoms. The van der Waals surface area contributed by atoms with Gasteiger partial charge in [0.05, 0.1) is 0 Å². The van der Waals surface area contributed by atoms with Gasteiger partial charge in [0.1, 0.15) is 0 Å². The van der Waals surface area contributed by atoms with E-state index in [1.807, 2.05) is 66.7 Å². The zero-order chi connectivity index (χ0) is 24.5. The van der Waals surface area contributed by atoms with Crippen molar-refractivity contribution in [3.8, 4) is 11.1 Å². The Morgan fingerprint density at radius 1 is 1.00 bits per heavy atom. The summed E-state index contributed by atoms with van der Waals surface area (Å²) in [5.74, 6) is 0.421. The van der Waals surface area contributed by atoms with Gasteiger partial charge in [-0.1, -0.05) is 67.8 Å². The zero-order valence-electron chi connectivity index (χ0n) is 19.9. The molecule has 1 saturated heterocycles. The van der Waals surface area contributed by atoms with Crippen LogP contribution in [0.4, 0.5) is 11.6 Å². The smallest absolute Gasteiger partial charge is 0.251 e. The minimum Gasteiger partial charge on any atom is -0.349 e. The van der Waals surface area contributed by atoms with Crippen LogP contribution >= 0.6 is 0 Å². The molecule has 6 heteroatoms. The van der Waals surface area contributed by atoms with Gasteiger partial charge in [0.2, 0.25) is 5.95 Å². The highest BCUT2D eigenvalue weighted by molar-refractivity contribution is 5.95. The molecule has 3 aromatic rings. The predicted molar refractivity (Wildman–Crippen MR) is 143 cm³/mol. The molecule has 0 unspecified atom stereocenters. The summed E-state index contributed by atoms with van der Waals surface area (Å²) in [4.78, 5) is 24.1. The number of hydrogen-bond donors (Lipinski definition) is 2. The van der Waals surface area contributed by atoms with E-state index in [1.54, 1.807) is 18.5 Å². The fourth-order valence-electron chi connectivity index (χ4n) is 4.14. The van der Waals surface area contributed by atoms with Crippen LogP contribution in [-0.4, -0.2) is 46.5 Å². The minimum absolute atomic E-state index is 0.0641. The standard InChI is InChI=1S/C29H31N5O/c1-3-9-22(4-2)21-34-16-14-26(15-17-34)32-28(35)24-12-8-13-27(18-24)33-29-30-19-25(20-31-29)23-10-6-5-7-11-23/h3-13,18-20,26H,1-2,14-17,21H2,(H,32,35)(H,30,31,33)/b22-9+. The zero-order valence-corrected chi connectivity index (χ0v) is 19.9. The maximum atomic E-state index is 12.9. The van der Waals surface area contributed by atoms with Crippen molar-refractivity contribution in [2.24, 2.45) is 0 Å². The van der Waals surface area contributed by atoms with Crippen molar-refractivity contribution in [1.29, 1.82) is 0 Å². The number of amides is 1. The number of carbonyl (C=O) groups excluding carboxylic acids is 1. The lowest BCUT2D eigenvalue weighted by Gasteiger charge is -2.32. The van der Waals surface area contributed by atoms with Crippen molar-refractivity contribution in [3.63, 3.8) is 0 Å². The van der Waals surface area contributed by atoms with Gasteiger partial charge in [-0.3, -0.25) is 9.69 Å². The third kappa shape index (κ3) is 6.74. The lowest BCUT2D eigenvalue weighted by Crippen LogP contribution is -2.45. The molecule has 6 nitrogen and oxygen atoms in total. The Kier molecular flexibility index (Phi) is 8.20. The molecule has 0 atom stereocenters. The predicted octanol–water partition coefficient (Wildman–Crippen LogP) is 5.38. The molecule has 1 fully saturated rings. The average molecular weight is 466 g/mol. The maximum absolute atomic E-state index is 12.9. The van der Waals surface area contributed by atoms with E-state index in [0.29, 0.717) is 11.5 Å². The molecule has 2 aromatic carbocycles. The second kappa shape index (κ2) is 11.9. The Labute approximate surface area is 207 Å². The molecule has 178 valence electrons. The minimum atomic E-state index is -0.0641. The van der Waals surface area contributed by atoms with Crippen LogP contribution in [0.25, 0.3) is 11.1 Å². The van der Waals surface area contributed by atoms with Crippen LogP contribution in [-0.2, 0) is 0 Å². The van der Waals surface area contributed by atoms with Gasteiger partial charge >= 0.3 is 0 Å². The Hall–Kier alpha value is -4.03. The first-order valence-electron chi connectivity index (χ1n) is 11.9. The monoisotopic (exact) mass is 465 g/mol. The number of likely N-dealkylation sites (tertiary alicyclic amines) is 1. The van der Waals surface area contributed by atoms with Crippen LogP contribution in [0.1, 0.15) is 23.2 Å². The summed E-state index contributed by atoms with van der Waals surface area (Å²) in [6.07, 6.45) is 11.1. The number of rotatable bonds is 9. The Bertz CT molecular complexity index is 1180. The normalized spacial score (nSPS) is 14.8. The summed E-state index contributed by atoms with van der Waals surface area (Å²) in [6.45, 7) is 10.4. The molecule has 0 radical (unpaired) electrons. The molecule has 0 bridgehead atoms. The summed E-state index contributed by atoms with van der Waals surface area (Å²) in [5.41, 5.74) is 4.56. The second-order valence-electron chi connectivity index (χ2n) is 8.57. The number of piperidine rings is 1. The van der Waals surface area contributed by atoms with E-state index in [-0.39, 0.29) is 11.9 Å². The number of allylic oxidation sites excluding steroid dienone is 2. The van der Waals surface area contributed by atoms with Crippen molar-refractivity contribution >= 4 is 17.5 Å². The molecule has 1 aromatic heterocycles. The first kappa shape index (κ1) is 24.1. The highest BCUT2D eigenvalue weighted by Gasteiger charge is 2.21. The fourth-order valence-corrected chi connectivity index (χ4v) is 4.14. The van der Waals surface area contributed by atoms with Gasteiger partial charge in [-0.2, -0.15) is 0 Å². The van der Waals surface area contributed by atoms with Gasteiger partial charge in [0, 0.05) is 54.9 Å². The average Bonchev–Trinajstić information content (AvgIpc) is 2.90. The number of nitrogens with zero attached hydrogens (tertiary/aromatic N) is 3. The van der Waals surface area contributed by atoms with Crippen LogP contribution in [0, 0.1) is 0 Å². The number of aromatic nitrogens is 2. The molecule has 0 aliphatic carbocycles. The van der Waals surface area contributed by atoms with E-state index in [4.69, 9.17) is 0 Å². The SMILES string of the molecule is C=C/C=C(\C=C)CN1CCC(NC(=O)c2cccc(Nc3ncc(-c4ccccc4)cn3)c2)CC1. The van der Waals surface area contributed by atoms with E-state index >= 15 is 0 Å². The first-order chi connectivity index (χ1) is 17.1. The quantitative estimate of drug-likeness (QED) is 0.415. The summed E-state index contributed by atoms with van der Waals surface area (Å²) in [7, 11) is 0. The fraction of sp³-hybridized carbons (Fsp3) is 0.207. The van der Waals surface area contributed by atoms with E-state index < -0.39 is 0 Å². The second-order valence-corrected chi connectivity index (χ2v) is 8.57. The molecule has 1 aliphatic heterocycles. The molecular weight excluding hydrogens is 434 g/mol. The number of nitrogens with one attached hydrogen (secondary N) is 2. The van der Waals surface area contributed by atoms with Gasteiger partial charge in [-0.05, 0) is 42.2 Å². The highest BCUT2D eigenvalue weighted by Crippen LogP contribution is 2.20. The van der Waals surface area contributed by atoms with Crippen molar-refractivity contribution in [2.45, 2.75) is 18.9 Å². The number of benzene rings is 2. The van der Waals surface area contributed by atoms with Crippen LogP contribution in [0.3, 0.4) is 0 Å². The van der Waals surface area contributed by atoms with Crippen LogP contribution in [0.5, 0.6) is 0 Å². The van der Waals surface area contributed by atoms with Crippen LogP contribution in [0.15, 0.2) is 104 Å². The van der Waals surface area contributed by atoms with Crippen molar-refractivity contribution in [2.75, 3.05) is 25.0 Å². The molecule has 4 rings (SSSR count). The molecule has 2 N–H and O–H groups in total. The third-order valence-electron chi connectivity index (χ3n) is 6.06. The van der Waals surface area contributed by atoms with E-state index in [2.05, 4.69) is 38.7 Å². The van der Waals surface area contributed by atoms with Crippen molar-refractivity contribution in [1.82, 2.24) is 20.2 Å². The van der Waals surface area contributed by atoms with Crippen molar-refractivity contribution < 1.29 is 4.79 Å². The Morgan fingerprint density at radius 2 is 1.74 bits per heavy atom. The molecule has 1 aliphatic rings. The van der Waals surface area contributed by atoms with Gasteiger partial charge in [-0.15, -0.1) is 0 Å². The Morgan fingerprint density at radius 3 is 2.43 bits per heavy atom. The first-order valence-corrected chi connectivity index (χ1v) is 11.9. The highest BCUT2D eigenvalue weighted by atomic mass is 16.1. The van der Waals surface area contributed by atoms with E-state index in [0.717, 1.165) is 54.9 Å². The number of anilines is 2. The summed E-state index contributed by atoms with van der Waals surface area (Å²) in [6, 6.07) is 17.6. The summed E-state index contributed by atoms with van der Waals surface area (Å²) in [5, 5.41) is 6.38. The van der Waals surface area contributed by atoms with Gasteiger partial charge in [0.25, 0.3) is 5.91 Å². The summed E-state index contributed by atoms with van der Waals surface area (Å²) < 4.78 is 0. The van der Waals surface area contributed by atoms with Crippen LogP contribution in [0.2, 0.25) is 0 Å². The summed E-state index contributed by atoms with van der Waals surface area (Å²) >= 11 is 0. The molecular formula is C29H31N5O. The van der Waals surface area contributed by atoms with Gasteiger partial charge < -0.3 is 10.6 Å². The van der Waals surface area contributed by atoms with Gasteiger partial charge in [-0.25, -0.2) is 9.97 Å². The molecule has 1 amide bonds. The topological polar surface area (TPSA) is 70.2 Å². The van der Waals surface area contributed by atoms with Crippen LogP contribution < -0.4 is 10.6 Å². The lowest BCUT2D eigenvalue weighted by atomic mass is 10.0. The van der Waals surface area contributed by atoms with E-state index in [1.165, 1.54) is 0 Å². The Balaban J connectivity index is 1.31. The number of carbonyl (C=O) groups is 1. The molecule has 2 heterocycles. The van der Waals surface area contributed by atoms with E-state index in [9.17, 15) is 4.79 Å². The van der Waals surface area contributed by atoms with Crippen molar-refractivity contribution in [3.05, 3.63) is 110 Å².